The highest BCUT2D eigenvalue weighted by Crippen LogP contribution is 2.39. The van der Waals surface area contributed by atoms with Crippen LogP contribution in [0.2, 0.25) is 0 Å². The lowest BCUT2D eigenvalue weighted by atomic mass is 10.0. The normalized spacial score (nSPS) is 12.2. The van der Waals surface area contributed by atoms with Crippen molar-refractivity contribution in [2.45, 2.75) is 19.4 Å². The number of aryl methyl sites for hydroxylation is 2. The number of likely N-dealkylation sites (N-methyl/N-ethyl adjacent to an activating group) is 2. The van der Waals surface area contributed by atoms with Gasteiger partial charge in [0.05, 0.1) is 47.1 Å². The maximum absolute atomic E-state index is 12.3. The number of para-hydroxylation sites is 1. The zero-order chi connectivity index (χ0) is 29.1. The molecule has 1 aliphatic rings. The third-order valence-corrected chi connectivity index (χ3v) is 7.29. The molecule has 0 unspecified atom stereocenters. The number of aromatic nitrogens is 3. The highest BCUT2D eigenvalue weighted by atomic mass is 16.5. The Labute approximate surface area is 239 Å². The van der Waals surface area contributed by atoms with E-state index in [0.717, 1.165) is 49.1 Å². The number of carbonyl (C=O) groups is 1. The van der Waals surface area contributed by atoms with E-state index in [2.05, 4.69) is 67.0 Å². The number of hydrogen-bond donors (Lipinski definition) is 2. The summed E-state index contributed by atoms with van der Waals surface area (Å²) in [7, 11) is 7.57. The topological polar surface area (TPSA) is 111 Å². The van der Waals surface area contributed by atoms with Crippen molar-refractivity contribution in [3.63, 3.8) is 0 Å². The van der Waals surface area contributed by atoms with Crippen molar-refractivity contribution in [2.24, 2.45) is 0 Å². The molecule has 210 valence electrons. The van der Waals surface area contributed by atoms with E-state index in [9.17, 15) is 10.1 Å². The van der Waals surface area contributed by atoms with E-state index < -0.39 is 0 Å². The molecule has 2 aromatic heterocycles. The molecule has 1 amide bonds. The number of nitriles is 1. The molecule has 0 bridgehead atoms. The van der Waals surface area contributed by atoms with Crippen molar-refractivity contribution in [1.29, 1.82) is 5.26 Å². The molecular formula is C31H34N8O2. The number of hydrogen-bond acceptors (Lipinski definition) is 8. The third kappa shape index (κ3) is 5.58. The quantitative estimate of drug-likeness (QED) is 0.271. The molecule has 41 heavy (non-hydrogen) atoms. The molecule has 0 spiro atoms. The molecule has 10 nitrogen and oxygen atoms in total. The first-order valence-corrected chi connectivity index (χ1v) is 13.5. The van der Waals surface area contributed by atoms with E-state index in [0.29, 0.717) is 34.3 Å². The van der Waals surface area contributed by atoms with Crippen LogP contribution < -0.4 is 20.3 Å². The summed E-state index contributed by atoms with van der Waals surface area (Å²) in [6.45, 7) is 6.08. The van der Waals surface area contributed by atoms with Gasteiger partial charge in [-0.2, -0.15) is 5.26 Å². The SMILES string of the molecule is C=CC(=O)Nc1cc(Nc2ncc(C#N)c(-c3cn4c5c(cccc35)CCC4)n2)c(OC)cc1N(C)CCN(C)C. The summed E-state index contributed by atoms with van der Waals surface area (Å²) in [6.07, 6.45) is 6.96. The van der Waals surface area contributed by atoms with Crippen LogP contribution in [-0.4, -0.2) is 66.7 Å². The number of rotatable bonds is 10. The average Bonchev–Trinajstić information content (AvgIpc) is 3.36. The molecule has 0 fully saturated rings. The molecule has 0 atom stereocenters. The van der Waals surface area contributed by atoms with Crippen molar-refractivity contribution in [3.05, 3.63) is 66.5 Å². The zero-order valence-electron chi connectivity index (χ0n) is 23.9. The molecule has 4 aromatic rings. The molecular weight excluding hydrogens is 516 g/mol. The van der Waals surface area contributed by atoms with Crippen molar-refractivity contribution in [3.8, 4) is 23.1 Å². The predicted octanol–water partition coefficient (Wildman–Crippen LogP) is 4.79. The fraction of sp³-hybridized carbons (Fsp3) is 0.290. The highest BCUT2D eigenvalue weighted by molar-refractivity contribution is 6.02. The molecule has 3 heterocycles. The third-order valence-electron chi connectivity index (χ3n) is 7.29. The maximum atomic E-state index is 12.3. The van der Waals surface area contributed by atoms with Crippen LogP contribution in [0.4, 0.5) is 23.0 Å². The number of ether oxygens (including phenoxy) is 1. The Hall–Kier alpha value is -4.88. The van der Waals surface area contributed by atoms with Crippen molar-refractivity contribution in [2.75, 3.05) is 56.9 Å². The Morgan fingerprint density at radius 3 is 2.80 bits per heavy atom. The van der Waals surface area contributed by atoms with E-state index in [1.54, 1.807) is 13.2 Å². The van der Waals surface area contributed by atoms with Gasteiger partial charge in [-0.3, -0.25) is 4.79 Å². The first-order chi connectivity index (χ1) is 19.8. The summed E-state index contributed by atoms with van der Waals surface area (Å²) in [5, 5.41) is 17.2. The van der Waals surface area contributed by atoms with Crippen LogP contribution in [0.15, 0.2) is 55.4 Å². The Balaban J connectivity index is 1.56. The van der Waals surface area contributed by atoms with Gasteiger partial charge in [-0.05, 0) is 44.6 Å². The number of nitrogens with one attached hydrogen (secondary N) is 2. The van der Waals surface area contributed by atoms with Crippen LogP contribution in [-0.2, 0) is 17.8 Å². The van der Waals surface area contributed by atoms with E-state index in [-0.39, 0.29) is 5.91 Å². The number of carbonyl (C=O) groups excluding carboxylic acids is 1. The lowest BCUT2D eigenvalue weighted by Gasteiger charge is -2.26. The molecule has 10 heteroatoms. The first kappa shape index (κ1) is 27.7. The molecule has 0 saturated carbocycles. The average molecular weight is 551 g/mol. The minimum Gasteiger partial charge on any atom is -0.494 e. The van der Waals surface area contributed by atoms with Crippen LogP contribution in [0.25, 0.3) is 22.2 Å². The summed E-state index contributed by atoms with van der Waals surface area (Å²) < 4.78 is 7.98. The standard InChI is InChI=1S/C31H34N8O2/c1-6-28(40)34-24-15-25(27(41-5)16-26(24)38(4)14-13-37(2)3)35-31-33-18-21(17-32)29(36-31)23-19-39-12-8-10-20-9-7-11-22(23)30(20)39/h6-7,9,11,15-16,18-19H,1,8,10,12-14H2,2-5H3,(H,34,40)(H,33,35,36). The minimum absolute atomic E-state index is 0.305. The Morgan fingerprint density at radius 2 is 2.07 bits per heavy atom. The molecule has 0 saturated heterocycles. The van der Waals surface area contributed by atoms with E-state index in [1.165, 1.54) is 23.4 Å². The number of amides is 1. The summed E-state index contributed by atoms with van der Waals surface area (Å²) >= 11 is 0. The molecule has 5 rings (SSSR count). The van der Waals surface area contributed by atoms with Gasteiger partial charge in [-0.25, -0.2) is 9.97 Å². The van der Waals surface area contributed by atoms with Crippen LogP contribution in [0.5, 0.6) is 5.75 Å². The molecule has 2 aromatic carbocycles. The van der Waals surface area contributed by atoms with Crippen molar-refractivity contribution >= 4 is 39.8 Å². The fourth-order valence-corrected chi connectivity index (χ4v) is 5.20. The van der Waals surface area contributed by atoms with Crippen LogP contribution in [0, 0.1) is 11.3 Å². The fourth-order valence-electron chi connectivity index (χ4n) is 5.20. The van der Waals surface area contributed by atoms with Gasteiger partial charge in [0, 0.05) is 49.9 Å². The van der Waals surface area contributed by atoms with Gasteiger partial charge in [-0.15, -0.1) is 0 Å². The van der Waals surface area contributed by atoms with Crippen LogP contribution in [0.3, 0.4) is 0 Å². The number of methoxy groups -OCH3 is 1. The Bertz CT molecular complexity index is 1670. The number of nitrogens with zero attached hydrogens (tertiary/aromatic N) is 6. The Kier molecular flexibility index (Phi) is 7.90. The number of anilines is 4. The van der Waals surface area contributed by atoms with Crippen LogP contribution >= 0.6 is 0 Å². The van der Waals surface area contributed by atoms with E-state index in [4.69, 9.17) is 9.72 Å². The smallest absolute Gasteiger partial charge is 0.247 e. The summed E-state index contributed by atoms with van der Waals surface area (Å²) in [4.78, 5) is 25.7. The van der Waals surface area contributed by atoms with Crippen molar-refractivity contribution in [1.82, 2.24) is 19.4 Å². The van der Waals surface area contributed by atoms with Gasteiger partial charge >= 0.3 is 0 Å². The van der Waals surface area contributed by atoms with E-state index >= 15 is 0 Å². The van der Waals surface area contributed by atoms with Gasteiger partial charge in [0.15, 0.2) is 0 Å². The predicted molar refractivity (Wildman–Crippen MR) is 163 cm³/mol. The van der Waals surface area contributed by atoms with Gasteiger partial charge < -0.3 is 29.7 Å². The second-order valence-electron chi connectivity index (χ2n) is 10.3. The van der Waals surface area contributed by atoms with Gasteiger partial charge in [-0.1, -0.05) is 24.8 Å². The second kappa shape index (κ2) is 11.7. The number of benzene rings is 2. The van der Waals surface area contributed by atoms with Gasteiger partial charge in [0.1, 0.15) is 11.8 Å². The van der Waals surface area contributed by atoms with Crippen LogP contribution in [0.1, 0.15) is 17.5 Å². The lowest BCUT2D eigenvalue weighted by molar-refractivity contribution is -0.111. The summed E-state index contributed by atoms with van der Waals surface area (Å²) in [6, 6.07) is 12.2. The Morgan fingerprint density at radius 1 is 1.24 bits per heavy atom. The van der Waals surface area contributed by atoms with Gasteiger partial charge in [0.25, 0.3) is 0 Å². The molecule has 0 radical (unpaired) electrons. The monoisotopic (exact) mass is 550 g/mol. The first-order valence-electron chi connectivity index (χ1n) is 13.5. The largest absolute Gasteiger partial charge is 0.494 e. The summed E-state index contributed by atoms with van der Waals surface area (Å²) in [5.41, 5.74) is 6.30. The lowest BCUT2D eigenvalue weighted by Crippen LogP contribution is -2.29. The van der Waals surface area contributed by atoms with Gasteiger partial charge in [0.2, 0.25) is 11.9 Å². The molecule has 2 N–H and O–H groups in total. The summed E-state index contributed by atoms with van der Waals surface area (Å²) in [5.74, 6) is 0.530. The maximum Gasteiger partial charge on any atom is 0.247 e. The molecule has 0 aliphatic carbocycles. The van der Waals surface area contributed by atoms with E-state index in [1.807, 2.05) is 27.2 Å². The minimum atomic E-state index is -0.326. The second-order valence-corrected chi connectivity index (χ2v) is 10.3. The zero-order valence-corrected chi connectivity index (χ0v) is 23.9. The highest BCUT2D eigenvalue weighted by Gasteiger charge is 2.21. The molecule has 1 aliphatic heterocycles. The van der Waals surface area contributed by atoms with Crippen molar-refractivity contribution < 1.29 is 9.53 Å².